The second kappa shape index (κ2) is 8.42. The molecule has 1 aliphatic heterocycles. The summed E-state index contributed by atoms with van der Waals surface area (Å²) in [5.74, 6) is 0.882. The highest BCUT2D eigenvalue weighted by Gasteiger charge is 2.34. The Labute approximate surface area is 199 Å². The van der Waals surface area contributed by atoms with Crippen LogP contribution in [0.2, 0.25) is 0 Å². The van der Waals surface area contributed by atoms with Crippen LogP contribution in [-0.2, 0) is 11.8 Å². The van der Waals surface area contributed by atoms with E-state index in [1.54, 1.807) is 34.5 Å². The number of thiazole rings is 1. The van der Waals surface area contributed by atoms with Gasteiger partial charge < -0.3 is 9.73 Å². The van der Waals surface area contributed by atoms with Crippen molar-refractivity contribution in [2.24, 2.45) is 12.0 Å². The predicted molar refractivity (Wildman–Crippen MR) is 130 cm³/mol. The minimum Gasteiger partial charge on any atom is -0.464 e. The molecule has 0 aliphatic carbocycles. The first-order valence-corrected chi connectivity index (χ1v) is 11.6. The third-order valence-corrected chi connectivity index (χ3v) is 6.70. The fourth-order valence-electron chi connectivity index (χ4n) is 4.05. The van der Waals surface area contributed by atoms with Gasteiger partial charge in [0.2, 0.25) is 0 Å². The number of carbonyl (C=O) groups excluding carboxylic acids is 1. The van der Waals surface area contributed by atoms with Crippen LogP contribution in [-0.4, -0.2) is 20.3 Å². The van der Waals surface area contributed by atoms with Crippen molar-refractivity contribution < 1.29 is 9.21 Å². The van der Waals surface area contributed by atoms with Crippen LogP contribution in [0.5, 0.6) is 0 Å². The Hall–Kier alpha value is -3.98. The number of amides is 1. The lowest BCUT2D eigenvalue weighted by Gasteiger charge is -2.23. The van der Waals surface area contributed by atoms with E-state index in [9.17, 15) is 9.59 Å². The van der Waals surface area contributed by atoms with E-state index in [4.69, 9.17) is 4.42 Å². The molecule has 0 saturated carbocycles. The lowest BCUT2D eigenvalue weighted by Crippen LogP contribution is -2.40. The highest BCUT2D eigenvalue weighted by atomic mass is 32.1. The van der Waals surface area contributed by atoms with Gasteiger partial charge in [-0.15, -0.1) is 0 Å². The third kappa shape index (κ3) is 3.84. The Morgan fingerprint density at radius 3 is 2.65 bits per heavy atom. The Balaban J connectivity index is 1.67. The van der Waals surface area contributed by atoms with Crippen molar-refractivity contribution in [1.82, 2.24) is 14.3 Å². The van der Waals surface area contributed by atoms with Crippen molar-refractivity contribution in [2.75, 3.05) is 5.32 Å². The molecule has 1 N–H and O–H groups in total. The fourth-order valence-corrected chi connectivity index (χ4v) is 5.10. The van der Waals surface area contributed by atoms with E-state index in [0.29, 0.717) is 37.8 Å². The van der Waals surface area contributed by atoms with Crippen LogP contribution in [0.3, 0.4) is 0 Å². The SMILES string of the molecule is CC1=C(C(=O)Nc2ccccc2C)[C@@H](c2ccc(C)o2)n2c(s/c(=C/c3cnn(C)c3)c2=O)=N1. The van der Waals surface area contributed by atoms with Crippen molar-refractivity contribution in [3.63, 3.8) is 0 Å². The van der Waals surface area contributed by atoms with E-state index in [2.05, 4.69) is 15.4 Å². The lowest BCUT2D eigenvalue weighted by atomic mass is 10.00. The van der Waals surface area contributed by atoms with Crippen LogP contribution >= 0.6 is 11.3 Å². The van der Waals surface area contributed by atoms with E-state index < -0.39 is 6.04 Å². The molecule has 1 aliphatic rings. The number of nitrogens with zero attached hydrogens (tertiary/aromatic N) is 4. The molecule has 4 heterocycles. The van der Waals surface area contributed by atoms with Crippen molar-refractivity contribution in [3.8, 4) is 0 Å². The first-order chi connectivity index (χ1) is 16.3. The molecule has 3 aromatic heterocycles. The summed E-state index contributed by atoms with van der Waals surface area (Å²) in [4.78, 5) is 32.3. The summed E-state index contributed by atoms with van der Waals surface area (Å²) in [5, 5.41) is 7.15. The molecule has 172 valence electrons. The van der Waals surface area contributed by atoms with Crippen LogP contribution in [0, 0.1) is 13.8 Å². The maximum atomic E-state index is 13.6. The first kappa shape index (κ1) is 21.8. The number of nitrogens with one attached hydrogen (secondary N) is 1. The number of benzene rings is 1. The fraction of sp³-hybridized carbons (Fsp3) is 0.200. The van der Waals surface area contributed by atoms with Gasteiger partial charge in [0.1, 0.15) is 17.6 Å². The van der Waals surface area contributed by atoms with Crippen molar-refractivity contribution in [3.05, 3.63) is 102 Å². The molecule has 0 fully saturated rings. The van der Waals surface area contributed by atoms with Gasteiger partial charge in [0.15, 0.2) is 4.80 Å². The zero-order valence-corrected chi connectivity index (χ0v) is 20.0. The maximum absolute atomic E-state index is 13.6. The summed E-state index contributed by atoms with van der Waals surface area (Å²) in [7, 11) is 1.82. The highest BCUT2D eigenvalue weighted by Crippen LogP contribution is 2.32. The second-order valence-electron chi connectivity index (χ2n) is 8.25. The highest BCUT2D eigenvalue weighted by molar-refractivity contribution is 7.07. The molecule has 0 unspecified atom stereocenters. The molecule has 4 aromatic rings. The molecule has 1 amide bonds. The molecule has 34 heavy (non-hydrogen) atoms. The van der Waals surface area contributed by atoms with Gasteiger partial charge in [-0.1, -0.05) is 29.5 Å². The Morgan fingerprint density at radius 2 is 1.97 bits per heavy atom. The normalized spacial score (nSPS) is 15.9. The molecule has 5 rings (SSSR count). The predicted octanol–water partition coefficient (Wildman–Crippen LogP) is 2.82. The summed E-state index contributed by atoms with van der Waals surface area (Å²) in [6, 6.07) is 10.5. The van der Waals surface area contributed by atoms with Gasteiger partial charge in [-0.3, -0.25) is 18.8 Å². The number of carbonyl (C=O) groups is 1. The molecule has 0 bridgehead atoms. The van der Waals surface area contributed by atoms with Crippen LogP contribution in [0.15, 0.2) is 74.3 Å². The minimum absolute atomic E-state index is 0.236. The number of aromatic nitrogens is 3. The first-order valence-electron chi connectivity index (χ1n) is 10.8. The summed E-state index contributed by atoms with van der Waals surface area (Å²) in [6.07, 6.45) is 5.31. The Bertz CT molecular complexity index is 1630. The number of para-hydroxylation sites is 1. The summed E-state index contributed by atoms with van der Waals surface area (Å²) in [6.45, 7) is 5.55. The number of allylic oxidation sites excluding steroid dienone is 1. The number of rotatable bonds is 4. The largest absolute Gasteiger partial charge is 0.464 e. The second-order valence-corrected chi connectivity index (χ2v) is 9.26. The van der Waals surface area contributed by atoms with Crippen molar-refractivity contribution >= 4 is 29.0 Å². The molecular formula is C25H23N5O3S. The van der Waals surface area contributed by atoms with Crippen molar-refractivity contribution in [1.29, 1.82) is 0 Å². The average Bonchev–Trinajstić information content (AvgIpc) is 3.48. The van der Waals surface area contributed by atoms with Gasteiger partial charge in [0.05, 0.1) is 22.0 Å². The van der Waals surface area contributed by atoms with E-state index in [0.717, 1.165) is 11.1 Å². The molecule has 1 aromatic carbocycles. The van der Waals surface area contributed by atoms with Gasteiger partial charge in [0, 0.05) is 24.5 Å². The van der Waals surface area contributed by atoms with Gasteiger partial charge in [-0.05, 0) is 50.6 Å². The number of hydrogen-bond donors (Lipinski definition) is 1. The lowest BCUT2D eigenvalue weighted by molar-refractivity contribution is -0.113. The van der Waals surface area contributed by atoms with Crippen LogP contribution in [0.4, 0.5) is 5.69 Å². The van der Waals surface area contributed by atoms with Crippen LogP contribution in [0.1, 0.15) is 35.6 Å². The minimum atomic E-state index is -0.731. The maximum Gasteiger partial charge on any atom is 0.271 e. The van der Waals surface area contributed by atoms with Gasteiger partial charge in [-0.25, -0.2) is 4.99 Å². The number of hydrogen-bond acceptors (Lipinski definition) is 6. The molecule has 0 spiro atoms. The smallest absolute Gasteiger partial charge is 0.271 e. The summed E-state index contributed by atoms with van der Waals surface area (Å²) < 4.78 is 9.66. The van der Waals surface area contributed by atoms with E-state index in [1.807, 2.05) is 57.4 Å². The number of aryl methyl sites for hydroxylation is 3. The molecule has 8 nitrogen and oxygen atoms in total. The van der Waals surface area contributed by atoms with Crippen LogP contribution in [0.25, 0.3) is 6.08 Å². The Kier molecular flexibility index (Phi) is 5.41. The standard InChI is InChI=1S/C25H23N5O3S/c1-14-7-5-6-8-18(14)28-23(31)21-16(3)27-25-30(22(21)19-10-9-15(2)33-19)24(32)20(34-25)11-17-12-26-29(4)13-17/h5-13,22H,1-4H3,(H,28,31)/b20-11+/t22-/m1/s1. The van der Waals surface area contributed by atoms with Gasteiger partial charge >= 0.3 is 0 Å². The number of anilines is 1. The topological polar surface area (TPSA) is 94.4 Å². The molecule has 9 heteroatoms. The van der Waals surface area contributed by atoms with Gasteiger partial charge in [-0.2, -0.15) is 5.10 Å². The molecule has 0 saturated heterocycles. The number of furan rings is 1. The Morgan fingerprint density at radius 1 is 1.18 bits per heavy atom. The average molecular weight is 474 g/mol. The van der Waals surface area contributed by atoms with Crippen molar-refractivity contribution in [2.45, 2.75) is 26.8 Å². The molecular weight excluding hydrogens is 450 g/mol. The zero-order chi connectivity index (χ0) is 24.0. The number of fused-ring (bicyclic) bond motifs is 1. The zero-order valence-electron chi connectivity index (χ0n) is 19.2. The summed E-state index contributed by atoms with van der Waals surface area (Å²) >= 11 is 1.28. The van der Waals surface area contributed by atoms with E-state index in [-0.39, 0.29) is 11.5 Å². The van der Waals surface area contributed by atoms with Crippen LogP contribution < -0.4 is 20.2 Å². The summed E-state index contributed by atoms with van der Waals surface area (Å²) in [5.41, 5.74) is 3.13. The molecule has 0 radical (unpaired) electrons. The molecule has 1 atom stereocenters. The van der Waals surface area contributed by atoms with E-state index >= 15 is 0 Å². The van der Waals surface area contributed by atoms with E-state index in [1.165, 1.54) is 11.3 Å². The monoisotopic (exact) mass is 473 g/mol. The quantitative estimate of drug-likeness (QED) is 0.493. The van der Waals surface area contributed by atoms with Gasteiger partial charge in [0.25, 0.3) is 11.5 Å². The third-order valence-electron chi connectivity index (χ3n) is 5.71.